The summed E-state index contributed by atoms with van der Waals surface area (Å²) in [5.41, 5.74) is 7.48. The van der Waals surface area contributed by atoms with Crippen molar-refractivity contribution < 1.29 is 19.1 Å². The highest BCUT2D eigenvalue weighted by molar-refractivity contribution is 6.06. The first kappa shape index (κ1) is 25.0. The van der Waals surface area contributed by atoms with Crippen LogP contribution in [-0.2, 0) is 14.4 Å². The van der Waals surface area contributed by atoms with Gasteiger partial charge in [0.2, 0.25) is 0 Å². The van der Waals surface area contributed by atoms with Crippen molar-refractivity contribution in [1.29, 1.82) is 0 Å². The number of rotatable bonds is 6. The van der Waals surface area contributed by atoms with Crippen LogP contribution in [0.25, 0.3) is 0 Å². The largest absolute Gasteiger partial charge is 0.484 e. The highest BCUT2D eigenvalue weighted by Crippen LogP contribution is 2.49. The van der Waals surface area contributed by atoms with Gasteiger partial charge < -0.3 is 15.0 Å². The quantitative estimate of drug-likeness (QED) is 0.549. The number of carbonyl (C=O) groups excluding carboxylic acids is 3. The fourth-order valence-electron chi connectivity index (χ4n) is 5.94. The molecule has 1 heterocycles. The summed E-state index contributed by atoms with van der Waals surface area (Å²) >= 11 is 0. The molecule has 0 saturated heterocycles. The standard InChI is InChI=1S/C31H34N2O4/c1-4-33-24-13-7-15-26(34)30(24)29(31-25(33)14-8-16-27(31)35)21-10-6-11-22(17-21)37-18-28(36)32-23-12-5-9-19(2)20(23)3/h5-6,9-12,17,29H,4,7-8,13-16,18H2,1-3H3,(H,32,36). The van der Waals surface area contributed by atoms with Gasteiger partial charge in [-0.1, -0.05) is 24.3 Å². The molecule has 2 aromatic rings. The van der Waals surface area contributed by atoms with E-state index in [1.807, 2.05) is 56.3 Å². The first-order chi connectivity index (χ1) is 17.9. The fourth-order valence-corrected chi connectivity index (χ4v) is 5.94. The normalized spacial score (nSPS) is 18.1. The number of hydrogen-bond acceptors (Lipinski definition) is 5. The molecule has 6 heteroatoms. The molecule has 192 valence electrons. The van der Waals surface area contributed by atoms with Gasteiger partial charge in [0.15, 0.2) is 18.2 Å². The highest BCUT2D eigenvalue weighted by Gasteiger charge is 2.42. The first-order valence-corrected chi connectivity index (χ1v) is 13.3. The molecule has 0 aromatic heterocycles. The van der Waals surface area contributed by atoms with E-state index < -0.39 is 0 Å². The minimum Gasteiger partial charge on any atom is -0.484 e. The van der Waals surface area contributed by atoms with Crippen LogP contribution >= 0.6 is 0 Å². The number of hydrogen-bond donors (Lipinski definition) is 1. The van der Waals surface area contributed by atoms with Crippen LogP contribution in [0.2, 0.25) is 0 Å². The summed E-state index contributed by atoms with van der Waals surface area (Å²) in [5.74, 6) is 0.195. The summed E-state index contributed by atoms with van der Waals surface area (Å²) in [7, 11) is 0. The zero-order chi connectivity index (χ0) is 26.1. The van der Waals surface area contributed by atoms with Gasteiger partial charge in [-0.25, -0.2) is 0 Å². The van der Waals surface area contributed by atoms with Crippen molar-refractivity contribution in [2.45, 2.75) is 65.2 Å². The van der Waals surface area contributed by atoms with E-state index in [0.717, 1.165) is 77.1 Å². The Labute approximate surface area is 218 Å². The molecule has 0 fully saturated rings. The lowest BCUT2D eigenvalue weighted by Crippen LogP contribution is -2.39. The lowest BCUT2D eigenvalue weighted by atomic mass is 9.71. The van der Waals surface area contributed by atoms with Crippen LogP contribution in [0.4, 0.5) is 5.69 Å². The van der Waals surface area contributed by atoms with Gasteiger partial charge in [0.05, 0.1) is 0 Å². The molecule has 2 aromatic carbocycles. The maximum Gasteiger partial charge on any atom is 0.262 e. The highest BCUT2D eigenvalue weighted by atomic mass is 16.5. The van der Waals surface area contributed by atoms with E-state index in [9.17, 15) is 14.4 Å². The Balaban J connectivity index is 1.43. The van der Waals surface area contributed by atoms with Crippen molar-refractivity contribution >= 4 is 23.2 Å². The second-order valence-corrected chi connectivity index (χ2v) is 10.1. The summed E-state index contributed by atoms with van der Waals surface area (Å²) in [4.78, 5) is 41.4. The number of nitrogens with zero attached hydrogens (tertiary/aromatic N) is 1. The number of amides is 1. The lowest BCUT2D eigenvalue weighted by molar-refractivity contribution is -0.118. The van der Waals surface area contributed by atoms with E-state index in [-0.39, 0.29) is 30.0 Å². The molecule has 3 aliphatic rings. The number of ether oxygens (including phenoxy) is 1. The zero-order valence-electron chi connectivity index (χ0n) is 21.9. The Hall–Kier alpha value is -3.67. The molecule has 1 aliphatic heterocycles. The van der Waals surface area contributed by atoms with Crippen molar-refractivity contribution in [2.24, 2.45) is 0 Å². The van der Waals surface area contributed by atoms with Crippen molar-refractivity contribution in [1.82, 2.24) is 4.90 Å². The molecule has 0 saturated carbocycles. The van der Waals surface area contributed by atoms with Crippen molar-refractivity contribution in [2.75, 3.05) is 18.5 Å². The van der Waals surface area contributed by atoms with E-state index >= 15 is 0 Å². The number of Topliss-reactive ketones (excluding diaryl/α,β-unsaturated/α-hetero) is 2. The molecule has 0 unspecified atom stereocenters. The minimum atomic E-state index is -0.374. The van der Waals surface area contributed by atoms with Gasteiger partial charge in [0.25, 0.3) is 5.91 Å². The third kappa shape index (κ3) is 4.73. The maximum atomic E-state index is 13.3. The summed E-state index contributed by atoms with van der Waals surface area (Å²) in [5, 5.41) is 2.92. The van der Waals surface area contributed by atoms with Crippen LogP contribution in [0.1, 0.15) is 68.1 Å². The maximum absolute atomic E-state index is 13.3. The molecule has 0 bridgehead atoms. The molecule has 5 rings (SSSR count). The zero-order valence-corrected chi connectivity index (χ0v) is 21.9. The van der Waals surface area contributed by atoms with Gasteiger partial charge >= 0.3 is 0 Å². The molecule has 0 spiro atoms. The molecule has 0 atom stereocenters. The van der Waals surface area contributed by atoms with E-state index in [1.165, 1.54) is 0 Å². The van der Waals surface area contributed by atoms with Gasteiger partial charge in [0, 0.05) is 53.5 Å². The van der Waals surface area contributed by atoms with E-state index in [4.69, 9.17) is 4.74 Å². The topological polar surface area (TPSA) is 75.7 Å². The number of benzene rings is 2. The smallest absolute Gasteiger partial charge is 0.262 e. The van der Waals surface area contributed by atoms with Crippen LogP contribution in [0, 0.1) is 13.8 Å². The Bertz CT molecular complexity index is 1290. The van der Waals surface area contributed by atoms with E-state index in [0.29, 0.717) is 18.6 Å². The molecule has 0 radical (unpaired) electrons. The van der Waals surface area contributed by atoms with Gasteiger partial charge in [-0.05, 0) is 81.3 Å². The molecular weight excluding hydrogens is 464 g/mol. The van der Waals surface area contributed by atoms with Crippen molar-refractivity contribution in [3.63, 3.8) is 0 Å². The van der Waals surface area contributed by atoms with E-state index in [1.54, 1.807) is 0 Å². The molecule has 2 aliphatic carbocycles. The summed E-state index contributed by atoms with van der Waals surface area (Å²) < 4.78 is 5.89. The Kier molecular flexibility index (Phi) is 7.00. The van der Waals surface area contributed by atoms with E-state index in [2.05, 4.69) is 17.1 Å². The Morgan fingerprint density at radius 2 is 1.59 bits per heavy atom. The second kappa shape index (κ2) is 10.4. The SMILES string of the molecule is CCN1C2=C(C(=O)CCC2)C(c2cccc(OCC(=O)Nc3cccc(C)c3C)c2)C2=C1CCCC2=O. The average molecular weight is 499 g/mol. The van der Waals surface area contributed by atoms with Gasteiger partial charge in [-0.15, -0.1) is 0 Å². The van der Waals surface area contributed by atoms with Crippen LogP contribution in [0.3, 0.4) is 0 Å². The molecule has 1 amide bonds. The average Bonchev–Trinajstić information content (AvgIpc) is 2.89. The first-order valence-electron chi connectivity index (χ1n) is 13.3. The third-order valence-electron chi connectivity index (χ3n) is 7.84. The number of allylic oxidation sites excluding steroid dienone is 4. The minimum absolute atomic E-state index is 0.133. The Morgan fingerprint density at radius 3 is 2.24 bits per heavy atom. The molecule has 37 heavy (non-hydrogen) atoms. The van der Waals surface area contributed by atoms with Crippen molar-refractivity contribution in [3.8, 4) is 5.75 Å². The number of nitrogens with one attached hydrogen (secondary N) is 1. The predicted molar refractivity (Wildman–Crippen MR) is 143 cm³/mol. The number of anilines is 1. The Morgan fingerprint density at radius 1 is 0.946 bits per heavy atom. The number of aryl methyl sites for hydroxylation is 1. The molecule has 1 N–H and O–H groups in total. The summed E-state index contributed by atoms with van der Waals surface area (Å²) in [6, 6.07) is 13.3. The van der Waals surface area contributed by atoms with Crippen molar-refractivity contribution in [3.05, 3.63) is 81.7 Å². The monoisotopic (exact) mass is 498 g/mol. The lowest BCUT2D eigenvalue weighted by Gasteiger charge is -2.43. The predicted octanol–water partition coefficient (Wildman–Crippen LogP) is 5.75. The molecule has 6 nitrogen and oxygen atoms in total. The second-order valence-electron chi connectivity index (χ2n) is 10.1. The summed E-state index contributed by atoms with van der Waals surface area (Å²) in [6.07, 6.45) is 4.42. The third-order valence-corrected chi connectivity index (χ3v) is 7.84. The van der Waals surface area contributed by atoms with Crippen LogP contribution in [0.15, 0.2) is 65.0 Å². The number of carbonyl (C=O) groups is 3. The number of ketones is 2. The van der Waals surface area contributed by atoms with Crippen LogP contribution < -0.4 is 10.1 Å². The van der Waals surface area contributed by atoms with Gasteiger partial charge in [-0.3, -0.25) is 14.4 Å². The molecular formula is C31H34N2O4. The van der Waals surface area contributed by atoms with Crippen LogP contribution in [-0.4, -0.2) is 35.5 Å². The van der Waals surface area contributed by atoms with Gasteiger partial charge in [-0.2, -0.15) is 0 Å². The fraction of sp³-hybridized carbons (Fsp3) is 0.387. The van der Waals surface area contributed by atoms with Crippen LogP contribution in [0.5, 0.6) is 5.75 Å². The summed E-state index contributed by atoms with van der Waals surface area (Å²) in [6.45, 7) is 6.69. The van der Waals surface area contributed by atoms with Gasteiger partial charge in [0.1, 0.15) is 5.75 Å².